The van der Waals surface area contributed by atoms with Crippen LogP contribution in [0.1, 0.15) is 62.7 Å². The molecule has 0 aliphatic rings. The van der Waals surface area contributed by atoms with E-state index < -0.39 is 18.8 Å². The number of aryl methyl sites for hydroxylation is 1. The quantitative estimate of drug-likeness (QED) is 0.0737. The first-order valence-electron chi connectivity index (χ1n) is 12.8. The van der Waals surface area contributed by atoms with Gasteiger partial charge in [-0.1, -0.05) is 46.3 Å². The third-order valence-corrected chi connectivity index (χ3v) is 5.99. The Labute approximate surface area is 234 Å². The number of anilines is 1. The number of carboxylic acids is 1. The predicted molar refractivity (Wildman–Crippen MR) is 153 cm³/mol. The van der Waals surface area contributed by atoms with E-state index in [9.17, 15) is 27.6 Å². The molecule has 7 nitrogen and oxygen atoms in total. The van der Waals surface area contributed by atoms with E-state index in [0.29, 0.717) is 12.1 Å². The van der Waals surface area contributed by atoms with Crippen LogP contribution in [0.25, 0.3) is 0 Å². The van der Waals surface area contributed by atoms with Gasteiger partial charge in [0.15, 0.2) is 12.5 Å². The van der Waals surface area contributed by atoms with Gasteiger partial charge in [-0.25, -0.2) is 4.39 Å². The molecule has 0 saturated carbocycles. The lowest BCUT2D eigenvalue weighted by molar-refractivity contribution is -0.219. The number of carbonyl (C=O) groups excluding carboxylic acids is 2. The fourth-order valence-electron chi connectivity index (χ4n) is 3.06. The molecule has 1 unspecified atom stereocenters. The number of likely N-dealkylation sites (N-methyl/N-ethyl adjacent to an activating group) is 1. The van der Waals surface area contributed by atoms with Crippen molar-refractivity contribution >= 4 is 34.4 Å². The van der Waals surface area contributed by atoms with Gasteiger partial charge in [0, 0.05) is 24.4 Å². The van der Waals surface area contributed by atoms with Crippen molar-refractivity contribution in [1.82, 2.24) is 4.90 Å². The SMILES string of the molecule is CC.CCCC(C=O)CN(C)CC(=O)O.C\C=C/C(=C\C=C\C(=O)c1cc(CC)sc1NC)OC(F)(F)CF. The Hall–Kier alpha value is -2.92. The van der Waals surface area contributed by atoms with Crippen LogP contribution in [0.2, 0.25) is 0 Å². The first-order valence-corrected chi connectivity index (χ1v) is 13.6. The van der Waals surface area contributed by atoms with E-state index in [1.807, 2.05) is 27.7 Å². The first-order chi connectivity index (χ1) is 18.5. The fraction of sp³-hybridized carbons (Fsp3) is 0.536. The summed E-state index contributed by atoms with van der Waals surface area (Å²) < 4.78 is 42.3. The number of hydrogen-bond acceptors (Lipinski definition) is 7. The average Bonchev–Trinajstić information content (AvgIpc) is 3.33. The van der Waals surface area contributed by atoms with Gasteiger partial charge in [-0.15, -0.1) is 11.3 Å². The highest BCUT2D eigenvalue weighted by Gasteiger charge is 2.31. The van der Waals surface area contributed by atoms with Crippen molar-refractivity contribution < 1.29 is 37.4 Å². The van der Waals surface area contributed by atoms with Crippen molar-refractivity contribution in [2.75, 3.05) is 39.2 Å². The minimum absolute atomic E-state index is 0.00590. The van der Waals surface area contributed by atoms with Gasteiger partial charge in [0.05, 0.1) is 17.1 Å². The lowest BCUT2D eigenvalue weighted by Gasteiger charge is -2.17. The Morgan fingerprint density at radius 3 is 2.36 bits per heavy atom. The molecule has 0 fully saturated rings. The summed E-state index contributed by atoms with van der Waals surface area (Å²) in [6, 6.07) is 1.80. The highest BCUT2D eigenvalue weighted by atomic mass is 32.1. The number of carbonyl (C=O) groups is 3. The summed E-state index contributed by atoms with van der Waals surface area (Å²) in [5.41, 5.74) is 0.520. The van der Waals surface area contributed by atoms with E-state index in [1.54, 1.807) is 32.0 Å². The second kappa shape index (κ2) is 22.0. The summed E-state index contributed by atoms with van der Waals surface area (Å²) in [6.45, 7) is 8.20. The maximum absolute atomic E-state index is 12.9. The maximum Gasteiger partial charge on any atom is 0.427 e. The molecule has 39 heavy (non-hydrogen) atoms. The minimum Gasteiger partial charge on any atom is -0.480 e. The standard InChI is InChI=1S/C17H20F3NO2S.C9H17NO3.C2H6/c1-4-7-12(23-17(19,20)11-18)8-6-9-15(22)14-10-13(5-2)24-16(14)21-3;1-3-4-8(7-11)5-10(2)6-9(12)13;1-2/h4,6-10,21H,5,11H2,1-3H3;7-8H,3-6H2,1-2H3,(H,12,13);1-2H3/b7-4-,9-6+,12-8+;;. The zero-order valence-corrected chi connectivity index (χ0v) is 24.7. The largest absolute Gasteiger partial charge is 0.480 e. The highest BCUT2D eigenvalue weighted by Crippen LogP contribution is 2.28. The summed E-state index contributed by atoms with van der Waals surface area (Å²) in [5, 5.41) is 12.2. The molecular formula is C28H43F3N2O5S. The first kappa shape index (κ1) is 38.2. The van der Waals surface area contributed by atoms with Crippen molar-refractivity contribution in [3.8, 4) is 0 Å². The number of nitrogens with zero attached hydrogens (tertiary/aromatic N) is 1. The number of aliphatic carboxylic acids is 1. The molecule has 11 heteroatoms. The number of nitrogens with one attached hydrogen (secondary N) is 1. The Bertz CT molecular complexity index is 946. The molecule has 2 N–H and O–H groups in total. The Kier molecular flexibility index (Phi) is 21.5. The monoisotopic (exact) mass is 576 g/mol. The van der Waals surface area contributed by atoms with Gasteiger partial charge < -0.3 is 20.0 Å². The predicted octanol–water partition coefficient (Wildman–Crippen LogP) is 6.77. The van der Waals surface area contributed by atoms with Gasteiger partial charge >= 0.3 is 12.1 Å². The average molecular weight is 577 g/mol. The maximum atomic E-state index is 12.9. The van der Waals surface area contributed by atoms with Crippen LogP contribution in [-0.2, 0) is 20.7 Å². The number of carboxylic acid groups (broad SMARTS) is 1. The molecule has 0 aliphatic heterocycles. The summed E-state index contributed by atoms with van der Waals surface area (Å²) >= 11 is 1.49. The summed E-state index contributed by atoms with van der Waals surface area (Å²) in [6.07, 6.45) is 6.07. The highest BCUT2D eigenvalue weighted by molar-refractivity contribution is 7.16. The lowest BCUT2D eigenvalue weighted by atomic mass is 10.1. The van der Waals surface area contributed by atoms with E-state index in [2.05, 4.69) is 10.1 Å². The molecule has 0 aliphatic carbocycles. The zero-order chi connectivity index (χ0) is 30.4. The number of ether oxygens (including phenoxy) is 1. The van der Waals surface area contributed by atoms with Crippen molar-refractivity contribution in [2.45, 2.75) is 60.0 Å². The number of halogens is 3. The van der Waals surface area contributed by atoms with Crippen molar-refractivity contribution in [3.05, 3.63) is 52.6 Å². The topological polar surface area (TPSA) is 95.9 Å². The summed E-state index contributed by atoms with van der Waals surface area (Å²) in [7, 11) is 3.43. The molecule has 1 aromatic heterocycles. The second-order valence-electron chi connectivity index (χ2n) is 8.00. The van der Waals surface area contributed by atoms with E-state index in [4.69, 9.17) is 5.11 Å². The molecule has 0 spiro atoms. The number of ketones is 1. The molecule has 0 bridgehead atoms. The van der Waals surface area contributed by atoms with Crippen LogP contribution in [0.4, 0.5) is 18.2 Å². The third kappa shape index (κ3) is 17.3. The smallest absolute Gasteiger partial charge is 0.427 e. The van der Waals surface area contributed by atoms with Crippen molar-refractivity contribution in [1.29, 1.82) is 0 Å². The van der Waals surface area contributed by atoms with Gasteiger partial charge in [0.1, 0.15) is 12.0 Å². The molecule has 0 saturated heterocycles. The van der Waals surface area contributed by atoms with Crippen molar-refractivity contribution in [2.24, 2.45) is 5.92 Å². The van der Waals surface area contributed by atoms with E-state index in [1.165, 1.54) is 41.7 Å². The molecule has 222 valence electrons. The van der Waals surface area contributed by atoms with Crippen LogP contribution >= 0.6 is 11.3 Å². The Morgan fingerprint density at radius 1 is 1.26 bits per heavy atom. The van der Waals surface area contributed by atoms with E-state index in [0.717, 1.165) is 35.4 Å². The van der Waals surface area contributed by atoms with Crippen LogP contribution in [-0.4, -0.2) is 68.0 Å². The van der Waals surface area contributed by atoms with Crippen LogP contribution in [0.15, 0.2) is 42.2 Å². The number of hydrogen-bond donors (Lipinski definition) is 2. The van der Waals surface area contributed by atoms with Crippen LogP contribution < -0.4 is 5.32 Å². The molecular weight excluding hydrogens is 533 g/mol. The number of thiophene rings is 1. The molecule has 0 aromatic carbocycles. The summed E-state index contributed by atoms with van der Waals surface area (Å²) in [5.74, 6) is -1.39. The number of rotatable bonds is 16. The molecule has 0 radical (unpaired) electrons. The third-order valence-electron chi connectivity index (χ3n) is 4.69. The fourth-order valence-corrected chi connectivity index (χ4v) is 4.02. The second-order valence-corrected chi connectivity index (χ2v) is 9.14. The van der Waals surface area contributed by atoms with E-state index >= 15 is 0 Å². The normalized spacial score (nSPS) is 12.4. The van der Waals surface area contributed by atoms with Crippen LogP contribution in [0.3, 0.4) is 0 Å². The van der Waals surface area contributed by atoms with Gasteiger partial charge in [0.2, 0.25) is 0 Å². The Morgan fingerprint density at radius 2 is 1.90 bits per heavy atom. The van der Waals surface area contributed by atoms with Gasteiger partial charge in [-0.2, -0.15) is 8.78 Å². The molecule has 1 aromatic rings. The van der Waals surface area contributed by atoms with Gasteiger partial charge in [0.25, 0.3) is 0 Å². The zero-order valence-electron chi connectivity index (χ0n) is 23.9. The molecule has 1 atom stereocenters. The van der Waals surface area contributed by atoms with Gasteiger partial charge in [-0.05, 0) is 51.1 Å². The number of alkyl halides is 3. The molecule has 0 amide bonds. The van der Waals surface area contributed by atoms with E-state index in [-0.39, 0.29) is 24.0 Å². The molecule has 1 heterocycles. The Balaban J connectivity index is 0. The van der Waals surface area contributed by atoms with Crippen LogP contribution in [0, 0.1) is 5.92 Å². The van der Waals surface area contributed by atoms with Gasteiger partial charge in [-0.3, -0.25) is 14.5 Å². The molecule has 1 rings (SSSR count). The lowest BCUT2D eigenvalue weighted by Crippen LogP contribution is -2.31. The van der Waals surface area contributed by atoms with Crippen LogP contribution in [0.5, 0.6) is 0 Å². The van der Waals surface area contributed by atoms with Crippen molar-refractivity contribution in [3.63, 3.8) is 0 Å². The minimum atomic E-state index is -3.90. The number of aldehydes is 1. The number of allylic oxidation sites excluding steroid dienone is 5. The summed E-state index contributed by atoms with van der Waals surface area (Å²) in [4.78, 5) is 35.8.